The van der Waals surface area contributed by atoms with Gasteiger partial charge >= 0.3 is 0 Å². The van der Waals surface area contributed by atoms with Gasteiger partial charge in [0, 0.05) is 22.4 Å². The van der Waals surface area contributed by atoms with E-state index >= 15 is 0 Å². The van der Waals surface area contributed by atoms with Gasteiger partial charge in [-0.05, 0) is 36.4 Å². The molecule has 1 aromatic carbocycles. The molecule has 1 heterocycles. The van der Waals surface area contributed by atoms with Crippen LogP contribution >= 0.6 is 34.5 Å². The van der Waals surface area contributed by atoms with Gasteiger partial charge in [-0.1, -0.05) is 36.2 Å². The lowest BCUT2D eigenvalue weighted by molar-refractivity contribution is 0.551. The van der Waals surface area contributed by atoms with Gasteiger partial charge in [0.05, 0.1) is 4.34 Å². The number of benzene rings is 1. The van der Waals surface area contributed by atoms with Crippen molar-refractivity contribution in [1.29, 1.82) is 0 Å². The van der Waals surface area contributed by atoms with E-state index in [-0.39, 0.29) is 11.9 Å². The Hall–Kier alpha value is -0.610. The van der Waals surface area contributed by atoms with Crippen molar-refractivity contribution < 1.29 is 4.39 Å². The van der Waals surface area contributed by atoms with Crippen LogP contribution in [-0.4, -0.2) is 6.54 Å². The second-order valence-corrected chi connectivity index (χ2v) is 6.39. The number of rotatable bonds is 5. The zero-order chi connectivity index (χ0) is 13.8. The fourth-order valence-corrected chi connectivity index (χ4v) is 3.42. The molecule has 1 atom stereocenters. The Balaban J connectivity index is 2.23. The van der Waals surface area contributed by atoms with Crippen molar-refractivity contribution in [3.05, 3.63) is 55.9 Å². The van der Waals surface area contributed by atoms with Crippen molar-refractivity contribution >= 4 is 34.5 Å². The highest BCUT2D eigenvalue weighted by Gasteiger charge is 2.16. The summed E-state index contributed by atoms with van der Waals surface area (Å²) in [5.74, 6) is -0.317. The van der Waals surface area contributed by atoms with Gasteiger partial charge in [0.2, 0.25) is 0 Å². The van der Waals surface area contributed by atoms with E-state index in [0.717, 1.165) is 22.9 Å². The molecule has 2 aromatic rings. The molecule has 102 valence electrons. The van der Waals surface area contributed by atoms with E-state index in [9.17, 15) is 4.39 Å². The lowest BCUT2D eigenvalue weighted by Gasteiger charge is -2.19. The Kier molecular flexibility index (Phi) is 5.22. The van der Waals surface area contributed by atoms with Crippen LogP contribution in [0.5, 0.6) is 0 Å². The Labute approximate surface area is 126 Å². The van der Waals surface area contributed by atoms with Crippen molar-refractivity contribution in [3.8, 4) is 0 Å². The monoisotopic (exact) mass is 317 g/mol. The Morgan fingerprint density at radius 2 is 2.05 bits per heavy atom. The van der Waals surface area contributed by atoms with Crippen LogP contribution in [0.15, 0.2) is 30.3 Å². The standard InChI is InChI=1S/C14H14Cl2FNS/c1-2-18-13(8-10-4-6-14(16)19-10)11-5-3-9(17)7-12(11)15/h3-7,13,18H,2,8H2,1H3. The first kappa shape index (κ1) is 14.8. The molecule has 1 unspecified atom stereocenters. The quantitative estimate of drug-likeness (QED) is 0.810. The smallest absolute Gasteiger partial charge is 0.124 e. The third-order valence-corrected chi connectivity index (χ3v) is 4.40. The summed E-state index contributed by atoms with van der Waals surface area (Å²) in [4.78, 5) is 1.18. The van der Waals surface area contributed by atoms with Crippen LogP contribution < -0.4 is 5.32 Å². The fourth-order valence-electron chi connectivity index (χ4n) is 1.99. The molecular formula is C14H14Cl2FNS. The summed E-state index contributed by atoms with van der Waals surface area (Å²) in [5.41, 5.74) is 0.912. The van der Waals surface area contributed by atoms with Gasteiger partial charge < -0.3 is 5.32 Å². The molecule has 1 N–H and O–H groups in total. The number of hydrogen-bond acceptors (Lipinski definition) is 2. The molecule has 0 aliphatic heterocycles. The highest BCUT2D eigenvalue weighted by atomic mass is 35.5. The second kappa shape index (κ2) is 6.71. The minimum Gasteiger partial charge on any atom is -0.310 e. The molecule has 0 amide bonds. The third kappa shape index (κ3) is 3.93. The van der Waals surface area contributed by atoms with Crippen LogP contribution in [0.3, 0.4) is 0 Å². The molecule has 2 rings (SSSR count). The summed E-state index contributed by atoms with van der Waals surface area (Å²) < 4.78 is 13.9. The number of thiophene rings is 1. The summed E-state index contributed by atoms with van der Waals surface area (Å²) in [6.45, 7) is 2.85. The van der Waals surface area contributed by atoms with E-state index in [2.05, 4.69) is 5.32 Å². The zero-order valence-corrected chi connectivity index (χ0v) is 12.7. The van der Waals surface area contributed by atoms with Gasteiger partial charge in [-0.15, -0.1) is 11.3 Å². The van der Waals surface area contributed by atoms with Gasteiger partial charge in [0.1, 0.15) is 5.82 Å². The maximum atomic E-state index is 13.1. The van der Waals surface area contributed by atoms with Crippen molar-refractivity contribution in [2.75, 3.05) is 6.54 Å². The third-order valence-electron chi connectivity index (χ3n) is 2.82. The molecule has 0 bridgehead atoms. The van der Waals surface area contributed by atoms with E-state index in [4.69, 9.17) is 23.2 Å². The minimum atomic E-state index is -0.317. The molecule has 0 fully saturated rings. The van der Waals surface area contributed by atoms with Gasteiger partial charge in [0.15, 0.2) is 0 Å². The first-order chi connectivity index (χ1) is 9.10. The minimum absolute atomic E-state index is 0.0628. The van der Waals surface area contributed by atoms with Crippen LogP contribution in [0, 0.1) is 5.82 Å². The van der Waals surface area contributed by atoms with Gasteiger partial charge in [-0.3, -0.25) is 0 Å². The SMILES string of the molecule is CCNC(Cc1ccc(Cl)s1)c1ccc(F)cc1Cl. The van der Waals surface area contributed by atoms with Crippen LogP contribution in [0.4, 0.5) is 4.39 Å². The summed E-state index contributed by atoms with van der Waals surface area (Å²) in [6.07, 6.45) is 0.788. The topological polar surface area (TPSA) is 12.0 Å². The Morgan fingerprint density at radius 3 is 2.63 bits per heavy atom. The molecule has 0 radical (unpaired) electrons. The second-order valence-electron chi connectivity index (χ2n) is 4.19. The normalized spacial score (nSPS) is 12.6. The van der Waals surface area contributed by atoms with Gasteiger partial charge in [-0.25, -0.2) is 4.39 Å². The van der Waals surface area contributed by atoms with Crippen LogP contribution in [0.2, 0.25) is 9.36 Å². The molecule has 1 nitrogen and oxygen atoms in total. The maximum absolute atomic E-state index is 13.1. The van der Waals surface area contributed by atoms with Crippen LogP contribution in [0.1, 0.15) is 23.4 Å². The molecule has 5 heteroatoms. The molecule has 0 aliphatic rings. The van der Waals surface area contributed by atoms with Crippen molar-refractivity contribution in [2.24, 2.45) is 0 Å². The lowest BCUT2D eigenvalue weighted by Crippen LogP contribution is -2.23. The van der Waals surface area contributed by atoms with E-state index in [1.54, 1.807) is 17.4 Å². The highest BCUT2D eigenvalue weighted by Crippen LogP contribution is 2.30. The Bertz CT molecular complexity index is 556. The fraction of sp³-hybridized carbons (Fsp3) is 0.286. The molecular weight excluding hydrogens is 304 g/mol. The number of nitrogens with one attached hydrogen (secondary N) is 1. The van der Waals surface area contributed by atoms with Crippen LogP contribution in [0.25, 0.3) is 0 Å². The summed E-state index contributed by atoms with van der Waals surface area (Å²) in [5, 5.41) is 3.83. The van der Waals surface area contributed by atoms with Crippen molar-refractivity contribution in [2.45, 2.75) is 19.4 Å². The molecule has 0 spiro atoms. The molecule has 0 saturated heterocycles. The van der Waals surface area contributed by atoms with E-state index < -0.39 is 0 Å². The van der Waals surface area contributed by atoms with Crippen molar-refractivity contribution in [3.63, 3.8) is 0 Å². The predicted molar refractivity (Wildman–Crippen MR) is 80.9 cm³/mol. The summed E-state index contributed by atoms with van der Waals surface area (Å²) in [6, 6.07) is 8.48. The molecule has 0 saturated carbocycles. The van der Waals surface area contributed by atoms with Gasteiger partial charge in [0.25, 0.3) is 0 Å². The summed E-state index contributed by atoms with van der Waals surface area (Å²) >= 11 is 13.6. The highest BCUT2D eigenvalue weighted by molar-refractivity contribution is 7.16. The predicted octanol–water partition coefficient (Wildman–Crippen LogP) is 5.09. The molecule has 1 aromatic heterocycles. The van der Waals surface area contributed by atoms with E-state index in [0.29, 0.717) is 5.02 Å². The van der Waals surface area contributed by atoms with Gasteiger partial charge in [-0.2, -0.15) is 0 Å². The van der Waals surface area contributed by atoms with E-state index in [1.165, 1.54) is 17.0 Å². The first-order valence-corrected chi connectivity index (χ1v) is 7.60. The maximum Gasteiger partial charge on any atom is 0.124 e. The zero-order valence-electron chi connectivity index (χ0n) is 10.4. The number of hydrogen-bond donors (Lipinski definition) is 1. The van der Waals surface area contributed by atoms with E-state index in [1.807, 2.05) is 19.1 Å². The first-order valence-electron chi connectivity index (χ1n) is 6.02. The van der Waals surface area contributed by atoms with Crippen LogP contribution in [-0.2, 0) is 6.42 Å². The lowest BCUT2D eigenvalue weighted by atomic mass is 10.0. The number of likely N-dealkylation sites (N-methyl/N-ethyl adjacent to an activating group) is 1. The number of halogens is 3. The Morgan fingerprint density at radius 1 is 1.26 bits per heavy atom. The van der Waals surface area contributed by atoms with Crippen molar-refractivity contribution in [1.82, 2.24) is 5.32 Å². The largest absolute Gasteiger partial charge is 0.310 e. The average molecular weight is 318 g/mol. The molecule has 0 aliphatic carbocycles. The average Bonchev–Trinajstić information content (AvgIpc) is 2.74. The summed E-state index contributed by atoms with van der Waals surface area (Å²) in [7, 11) is 0. The molecule has 19 heavy (non-hydrogen) atoms.